The van der Waals surface area contributed by atoms with E-state index in [4.69, 9.17) is 12.2 Å². The average molecular weight is 387 g/mol. The second-order valence-corrected chi connectivity index (χ2v) is 7.50. The molecule has 4 nitrogen and oxygen atoms in total. The Morgan fingerprint density at radius 3 is 2.41 bits per heavy atom. The van der Waals surface area contributed by atoms with Crippen molar-refractivity contribution in [1.29, 1.82) is 0 Å². The minimum Gasteiger partial charge on any atom is -0.358 e. The molecule has 144 valence electrons. The highest BCUT2D eigenvalue weighted by atomic mass is 32.1. The Labute approximate surface area is 166 Å². The van der Waals surface area contributed by atoms with Gasteiger partial charge in [-0.3, -0.25) is 4.90 Å². The number of halogens is 1. The van der Waals surface area contributed by atoms with Gasteiger partial charge in [0, 0.05) is 37.9 Å². The standard InChI is InChI=1S/C21H27FN4S/c1-16(23-21(27)24-19-10-6-9-18(22)15-19)20(17-7-4-3-5-8-17)26-13-11-25(2)12-14-26/h3-10,15-16,20H,11-14H2,1-2H3,(H2,23,24,27)/t16-,20-/m1/s1. The maximum atomic E-state index is 13.4. The van der Waals surface area contributed by atoms with E-state index in [-0.39, 0.29) is 17.9 Å². The third-order valence-corrected chi connectivity index (χ3v) is 5.21. The van der Waals surface area contributed by atoms with Crippen LogP contribution in [0.3, 0.4) is 0 Å². The zero-order valence-corrected chi connectivity index (χ0v) is 16.7. The molecule has 1 heterocycles. The molecule has 3 rings (SSSR count). The number of rotatable bonds is 5. The number of nitrogens with one attached hydrogen (secondary N) is 2. The molecule has 1 aliphatic heterocycles. The molecule has 0 aromatic heterocycles. The van der Waals surface area contributed by atoms with Crippen LogP contribution in [0.2, 0.25) is 0 Å². The second kappa shape index (κ2) is 9.26. The van der Waals surface area contributed by atoms with E-state index in [9.17, 15) is 4.39 Å². The van der Waals surface area contributed by atoms with Gasteiger partial charge >= 0.3 is 0 Å². The molecule has 0 aliphatic carbocycles. The van der Waals surface area contributed by atoms with Crippen LogP contribution in [0.15, 0.2) is 54.6 Å². The Kier molecular flexibility index (Phi) is 6.77. The SMILES string of the molecule is C[C@@H](NC(=S)Nc1cccc(F)c1)[C@H](c1ccccc1)N1CCN(C)CC1. The highest BCUT2D eigenvalue weighted by molar-refractivity contribution is 7.80. The van der Waals surface area contributed by atoms with Crippen molar-refractivity contribution in [2.75, 3.05) is 38.5 Å². The first-order valence-corrected chi connectivity index (χ1v) is 9.74. The van der Waals surface area contributed by atoms with Crippen LogP contribution >= 0.6 is 12.2 Å². The summed E-state index contributed by atoms with van der Waals surface area (Å²) in [6, 6.07) is 17.2. The van der Waals surface area contributed by atoms with Gasteiger partial charge in [0.25, 0.3) is 0 Å². The number of likely N-dealkylation sites (N-methyl/N-ethyl adjacent to an activating group) is 1. The Hall–Kier alpha value is -2.02. The van der Waals surface area contributed by atoms with Crippen LogP contribution in [0, 0.1) is 5.82 Å². The predicted octanol–water partition coefficient (Wildman–Crippen LogP) is 3.49. The van der Waals surface area contributed by atoms with Gasteiger partial charge in [0.1, 0.15) is 5.82 Å². The lowest BCUT2D eigenvalue weighted by atomic mass is 9.98. The number of nitrogens with zero attached hydrogens (tertiary/aromatic N) is 2. The van der Waals surface area contributed by atoms with Crippen molar-refractivity contribution in [3.05, 3.63) is 66.0 Å². The summed E-state index contributed by atoms with van der Waals surface area (Å²) in [5.41, 5.74) is 1.92. The lowest BCUT2D eigenvalue weighted by molar-refractivity contribution is 0.0973. The fraction of sp³-hybridized carbons (Fsp3) is 0.381. The van der Waals surface area contributed by atoms with E-state index in [1.54, 1.807) is 12.1 Å². The molecule has 0 unspecified atom stereocenters. The Morgan fingerprint density at radius 2 is 1.74 bits per heavy atom. The van der Waals surface area contributed by atoms with Gasteiger partial charge in [-0.1, -0.05) is 36.4 Å². The summed E-state index contributed by atoms with van der Waals surface area (Å²) < 4.78 is 13.4. The summed E-state index contributed by atoms with van der Waals surface area (Å²) >= 11 is 5.47. The fourth-order valence-corrected chi connectivity index (χ4v) is 3.89. The van der Waals surface area contributed by atoms with Gasteiger partial charge < -0.3 is 15.5 Å². The van der Waals surface area contributed by atoms with Crippen molar-refractivity contribution in [3.8, 4) is 0 Å². The van der Waals surface area contributed by atoms with E-state index >= 15 is 0 Å². The van der Waals surface area contributed by atoms with Gasteiger partial charge in [-0.15, -0.1) is 0 Å². The Morgan fingerprint density at radius 1 is 1.04 bits per heavy atom. The van der Waals surface area contributed by atoms with Gasteiger partial charge in [-0.05, 0) is 50.0 Å². The fourth-order valence-electron chi connectivity index (χ4n) is 3.59. The van der Waals surface area contributed by atoms with Gasteiger partial charge in [0.05, 0.1) is 6.04 Å². The first-order chi connectivity index (χ1) is 13.0. The van der Waals surface area contributed by atoms with E-state index in [0.717, 1.165) is 26.2 Å². The largest absolute Gasteiger partial charge is 0.358 e. The summed E-state index contributed by atoms with van der Waals surface area (Å²) in [6.45, 7) is 6.30. The minimum atomic E-state index is -0.282. The average Bonchev–Trinajstić information content (AvgIpc) is 2.64. The number of piperazine rings is 1. The summed E-state index contributed by atoms with van der Waals surface area (Å²) in [4.78, 5) is 4.87. The van der Waals surface area contributed by atoms with Crippen LogP contribution in [0.4, 0.5) is 10.1 Å². The molecule has 0 spiro atoms. The summed E-state index contributed by atoms with van der Waals surface area (Å²) in [5, 5.41) is 6.98. The van der Waals surface area contributed by atoms with Crippen LogP contribution in [0.5, 0.6) is 0 Å². The van der Waals surface area contributed by atoms with Crippen molar-refractivity contribution < 1.29 is 4.39 Å². The van der Waals surface area contributed by atoms with Crippen LogP contribution < -0.4 is 10.6 Å². The van der Waals surface area contributed by atoms with Crippen molar-refractivity contribution in [3.63, 3.8) is 0 Å². The molecule has 1 aliphatic rings. The third kappa shape index (κ3) is 5.48. The maximum absolute atomic E-state index is 13.4. The van der Waals surface area contributed by atoms with Crippen molar-refractivity contribution >= 4 is 23.0 Å². The number of hydrogen-bond donors (Lipinski definition) is 2. The monoisotopic (exact) mass is 386 g/mol. The summed E-state index contributed by atoms with van der Waals surface area (Å²) in [5.74, 6) is -0.282. The number of anilines is 1. The highest BCUT2D eigenvalue weighted by Gasteiger charge is 2.28. The molecule has 1 fully saturated rings. The van der Waals surface area contributed by atoms with Crippen LogP contribution in [0.1, 0.15) is 18.5 Å². The molecule has 27 heavy (non-hydrogen) atoms. The zero-order valence-electron chi connectivity index (χ0n) is 15.9. The second-order valence-electron chi connectivity index (χ2n) is 7.09. The minimum absolute atomic E-state index is 0.101. The van der Waals surface area contributed by atoms with E-state index in [1.807, 2.05) is 6.07 Å². The van der Waals surface area contributed by atoms with Gasteiger partial charge in [-0.25, -0.2) is 4.39 Å². The van der Waals surface area contributed by atoms with Crippen LogP contribution in [0.25, 0.3) is 0 Å². The zero-order chi connectivity index (χ0) is 19.2. The highest BCUT2D eigenvalue weighted by Crippen LogP contribution is 2.25. The smallest absolute Gasteiger partial charge is 0.171 e. The van der Waals surface area contributed by atoms with E-state index in [0.29, 0.717) is 10.8 Å². The molecule has 0 bridgehead atoms. The molecular formula is C21H27FN4S. The lowest BCUT2D eigenvalue weighted by Gasteiger charge is -2.41. The van der Waals surface area contributed by atoms with E-state index in [1.165, 1.54) is 17.7 Å². The van der Waals surface area contributed by atoms with Crippen molar-refractivity contribution in [1.82, 2.24) is 15.1 Å². The van der Waals surface area contributed by atoms with E-state index in [2.05, 4.69) is 58.7 Å². The molecule has 2 atom stereocenters. The topological polar surface area (TPSA) is 30.5 Å². The number of thiocarbonyl (C=S) groups is 1. The molecule has 2 aromatic carbocycles. The summed E-state index contributed by atoms with van der Waals surface area (Å²) in [7, 11) is 2.16. The third-order valence-electron chi connectivity index (χ3n) is 4.99. The van der Waals surface area contributed by atoms with E-state index < -0.39 is 0 Å². The van der Waals surface area contributed by atoms with Crippen molar-refractivity contribution in [2.45, 2.75) is 19.0 Å². The van der Waals surface area contributed by atoms with Crippen molar-refractivity contribution in [2.24, 2.45) is 0 Å². The normalized spacial score (nSPS) is 17.9. The Balaban J connectivity index is 1.70. The molecule has 2 N–H and O–H groups in total. The van der Waals surface area contributed by atoms with Crippen LogP contribution in [-0.4, -0.2) is 54.2 Å². The molecular weight excluding hydrogens is 359 g/mol. The van der Waals surface area contributed by atoms with Gasteiger partial charge in [0.2, 0.25) is 0 Å². The first kappa shape index (κ1) is 19.7. The maximum Gasteiger partial charge on any atom is 0.171 e. The van der Waals surface area contributed by atoms with Crippen LogP contribution in [-0.2, 0) is 0 Å². The number of hydrogen-bond acceptors (Lipinski definition) is 3. The quantitative estimate of drug-likeness (QED) is 0.768. The molecule has 1 saturated heterocycles. The molecule has 2 aromatic rings. The first-order valence-electron chi connectivity index (χ1n) is 9.33. The number of benzene rings is 2. The summed E-state index contributed by atoms with van der Waals surface area (Å²) in [6.07, 6.45) is 0. The predicted molar refractivity (Wildman–Crippen MR) is 113 cm³/mol. The van der Waals surface area contributed by atoms with Gasteiger partial charge in [-0.2, -0.15) is 0 Å². The lowest BCUT2D eigenvalue weighted by Crippen LogP contribution is -2.52. The molecule has 6 heteroatoms. The molecule has 0 amide bonds. The Bertz CT molecular complexity index is 747. The molecule has 0 radical (unpaired) electrons. The van der Waals surface area contributed by atoms with Gasteiger partial charge in [0.15, 0.2) is 5.11 Å². The molecule has 0 saturated carbocycles.